The second-order valence-electron chi connectivity index (χ2n) is 3.64. The Morgan fingerprint density at radius 1 is 1.44 bits per heavy atom. The van der Waals surface area contributed by atoms with E-state index in [-0.39, 0.29) is 25.2 Å². The molecular weight excluding hydrogens is 218 g/mol. The highest BCUT2D eigenvalue weighted by Crippen LogP contribution is 2.22. The van der Waals surface area contributed by atoms with Crippen molar-refractivity contribution in [2.45, 2.75) is 39.2 Å². The van der Waals surface area contributed by atoms with Crippen LogP contribution in [0.5, 0.6) is 0 Å². The lowest BCUT2D eigenvalue weighted by Gasteiger charge is -2.22. The van der Waals surface area contributed by atoms with E-state index in [4.69, 9.17) is 9.47 Å². The van der Waals surface area contributed by atoms with E-state index in [1.54, 1.807) is 6.92 Å². The molecule has 3 nitrogen and oxygen atoms in total. The van der Waals surface area contributed by atoms with Crippen LogP contribution in [0.15, 0.2) is 12.2 Å². The van der Waals surface area contributed by atoms with Crippen LogP contribution in [-0.2, 0) is 14.3 Å². The molecule has 1 atom stereocenters. The fourth-order valence-electron chi connectivity index (χ4n) is 1.07. The van der Waals surface area contributed by atoms with Crippen LogP contribution in [0.2, 0.25) is 0 Å². The van der Waals surface area contributed by atoms with Crippen molar-refractivity contribution in [3.63, 3.8) is 0 Å². The van der Waals surface area contributed by atoms with Crippen molar-refractivity contribution >= 4 is 5.97 Å². The molecule has 0 fully saturated rings. The van der Waals surface area contributed by atoms with Crippen LogP contribution in [-0.4, -0.2) is 31.2 Å². The molecule has 0 aromatic carbocycles. The van der Waals surface area contributed by atoms with Crippen molar-refractivity contribution < 1.29 is 23.0 Å². The van der Waals surface area contributed by atoms with E-state index in [0.717, 1.165) is 6.92 Å². The minimum Gasteiger partial charge on any atom is -0.460 e. The van der Waals surface area contributed by atoms with E-state index in [1.165, 1.54) is 6.92 Å². The lowest BCUT2D eigenvalue weighted by atomic mass is 10.1. The van der Waals surface area contributed by atoms with Crippen molar-refractivity contribution in [3.8, 4) is 0 Å². The molecule has 0 N–H and O–H groups in total. The molecule has 16 heavy (non-hydrogen) atoms. The Morgan fingerprint density at radius 3 is 2.38 bits per heavy atom. The number of rotatable bonds is 7. The van der Waals surface area contributed by atoms with Crippen molar-refractivity contribution in [3.05, 3.63) is 12.2 Å². The molecule has 0 bridgehead atoms. The van der Waals surface area contributed by atoms with E-state index < -0.39 is 18.0 Å². The van der Waals surface area contributed by atoms with Crippen LogP contribution in [0.3, 0.4) is 0 Å². The average molecular weight is 236 g/mol. The van der Waals surface area contributed by atoms with Gasteiger partial charge in [0.25, 0.3) is 5.92 Å². The van der Waals surface area contributed by atoms with Crippen LogP contribution in [0.1, 0.15) is 27.2 Å². The molecule has 0 spiro atoms. The largest absolute Gasteiger partial charge is 0.460 e. The van der Waals surface area contributed by atoms with Crippen LogP contribution < -0.4 is 0 Å². The fraction of sp³-hybridized carbons (Fsp3) is 0.727. The number of esters is 1. The van der Waals surface area contributed by atoms with Gasteiger partial charge in [-0.3, -0.25) is 0 Å². The maximum Gasteiger partial charge on any atom is 0.333 e. The number of carbonyl (C=O) groups is 1. The van der Waals surface area contributed by atoms with Crippen LogP contribution >= 0.6 is 0 Å². The van der Waals surface area contributed by atoms with E-state index >= 15 is 0 Å². The van der Waals surface area contributed by atoms with Crippen molar-refractivity contribution in [1.29, 1.82) is 0 Å². The van der Waals surface area contributed by atoms with Gasteiger partial charge in [-0.25, -0.2) is 13.6 Å². The predicted octanol–water partition coefficient (Wildman–Crippen LogP) is 2.56. The van der Waals surface area contributed by atoms with E-state index in [9.17, 15) is 13.6 Å². The standard InChI is InChI=1S/C11H18F2O3/c1-5-9(11(4,12)13)15-6-7-16-10(14)8(2)3/h9H,2,5-7H2,1,3-4H3. The van der Waals surface area contributed by atoms with Gasteiger partial charge in [0.15, 0.2) is 0 Å². The molecule has 0 aliphatic heterocycles. The molecule has 0 aromatic rings. The Bertz CT molecular complexity index is 246. The minimum atomic E-state index is -2.88. The summed E-state index contributed by atoms with van der Waals surface area (Å²) in [4.78, 5) is 10.9. The summed E-state index contributed by atoms with van der Waals surface area (Å²) >= 11 is 0. The Kier molecular flexibility index (Phi) is 6.18. The second kappa shape index (κ2) is 6.58. The fourth-order valence-corrected chi connectivity index (χ4v) is 1.07. The van der Waals surface area contributed by atoms with Crippen LogP contribution in [0.4, 0.5) is 8.78 Å². The molecular formula is C11H18F2O3. The van der Waals surface area contributed by atoms with Gasteiger partial charge in [0.1, 0.15) is 12.7 Å². The Labute approximate surface area is 94.4 Å². The van der Waals surface area contributed by atoms with Gasteiger partial charge in [0, 0.05) is 12.5 Å². The van der Waals surface area contributed by atoms with Crippen molar-refractivity contribution in [2.24, 2.45) is 0 Å². The molecule has 94 valence electrons. The predicted molar refractivity (Wildman–Crippen MR) is 56.4 cm³/mol. The van der Waals surface area contributed by atoms with Gasteiger partial charge in [0.05, 0.1) is 6.61 Å². The Balaban J connectivity index is 3.81. The van der Waals surface area contributed by atoms with Gasteiger partial charge in [-0.2, -0.15) is 0 Å². The zero-order valence-corrected chi connectivity index (χ0v) is 9.89. The summed E-state index contributed by atoms with van der Waals surface area (Å²) < 4.78 is 35.3. The number of carbonyl (C=O) groups excluding carboxylic acids is 1. The summed E-state index contributed by atoms with van der Waals surface area (Å²) in [6.45, 7) is 7.24. The highest BCUT2D eigenvalue weighted by molar-refractivity contribution is 5.86. The van der Waals surface area contributed by atoms with Crippen molar-refractivity contribution in [2.75, 3.05) is 13.2 Å². The number of alkyl halides is 2. The van der Waals surface area contributed by atoms with Crippen LogP contribution in [0, 0.1) is 0 Å². The Hall–Kier alpha value is -0.970. The third-order valence-electron chi connectivity index (χ3n) is 1.92. The van der Waals surface area contributed by atoms with Crippen LogP contribution in [0.25, 0.3) is 0 Å². The SMILES string of the molecule is C=C(C)C(=O)OCCOC(CC)C(C)(F)F. The summed E-state index contributed by atoms with van der Waals surface area (Å²) in [6.07, 6.45) is -0.936. The van der Waals surface area contributed by atoms with Gasteiger partial charge in [-0.15, -0.1) is 0 Å². The first-order chi connectivity index (χ1) is 7.29. The average Bonchev–Trinajstić information content (AvgIpc) is 2.15. The highest BCUT2D eigenvalue weighted by atomic mass is 19.3. The molecule has 0 radical (unpaired) electrons. The summed E-state index contributed by atoms with van der Waals surface area (Å²) in [5.74, 6) is -3.42. The molecule has 0 heterocycles. The first kappa shape index (κ1) is 15.0. The number of ether oxygens (including phenoxy) is 2. The summed E-state index contributed by atoms with van der Waals surface area (Å²) in [5, 5.41) is 0. The molecule has 0 aliphatic carbocycles. The topological polar surface area (TPSA) is 35.5 Å². The molecule has 0 aromatic heterocycles. The quantitative estimate of drug-likeness (QED) is 0.387. The third-order valence-corrected chi connectivity index (χ3v) is 1.92. The summed E-state index contributed by atoms with van der Waals surface area (Å²) in [6, 6.07) is 0. The van der Waals surface area contributed by atoms with Gasteiger partial charge in [-0.1, -0.05) is 13.5 Å². The second-order valence-corrected chi connectivity index (χ2v) is 3.64. The molecule has 1 unspecified atom stereocenters. The summed E-state index contributed by atoms with van der Waals surface area (Å²) in [5.41, 5.74) is 0.271. The monoisotopic (exact) mass is 236 g/mol. The van der Waals surface area contributed by atoms with Gasteiger partial charge < -0.3 is 9.47 Å². The normalized spacial score (nSPS) is 13.3. The maximum atomic E-state index is 12.9. The van der Waals surface area contributed by atoms with Gasteiger partial charge in [0.2, 0.25) is 0 Å². The van der Waals surface area contributed by atoms with Gasteiger partial charge >= 0.3 is 5.97 Å². The molecule has 0 saturated carbocycles. The van der Waals surface area contributed by atoms with E-state index in [2.05, 4.69) is 6.58 Å². The molecule has 5 heteroatoms. The maximum absolute atomic E-state index is 12.9. The van der Waals surface area contributed by atoms with Crippen molar-refractivity contribution in [1.82, 2.24) is 0 Å². The highest BCUT2D eigenvalue weighted by Gasteiger charge is 2.33. The first-order valence-electron chi connectivity index (χ1n) is 5.11. The lowest BCUT2D eigenvalue weighted by molar-refractivity contribution is -0.149. The van der Waals surface area contributed by atoms with E-state index in [1.807, 2.05) is 0 Å². The smallest absolute Gasteiger partial charge is 0.333 e. The molecule has 0 rings (SSSR count). The third kappa shape index (κ3) is 5.80. The number of hydrogen-bond donors (Lipinski definition) is 0. The molecule has 0 saturated heterocycles. The number of hydrogen-bond acceptors (Lipinski definition) is 3. The van der Waals surface area contributed by atoms with Gasteiger partial charge in [-0.05, 0) is 13.3 Å². The minimum absolute atomic E-state index is 0.0407. The zero-order valence-electron chi connectivity index (χ0n) is 9.89. The first-order valence-corrected chi connectivity index (χ1v) is 5.11. The van der Waals surface area contributed by atoms with E-state index in [0.29, 0.717) is 0 Å². The zero-order chi connectivity index (χ0) is 12.8. The Morgan fingerprint density at radius 2 is 2.00 bits per heavy atom. The number of halogens is 2. The molecule has 0 aliphatic rings. The molecule has 0 amide bonds. The summed E-state index contributed by atoms with van der Waals surface area (Å²) in [7, 11) is 0. The lowest BCUT2D eigenvalue weighted by Crippen LogP contribution is -2.33.